The molecule has 0 aliphatic heterocycles. The molecule has 0 bridgehead atoms. The molecule has 0 fully saturated rings. The van der Waals surface area contributed by atoms with Crippen molar-refractivity contribution in [3.8, 4) is 0 Å². The molecule has 0 saturated carbocycles. The third-order valence-electron chi connectivity index (χ3n) is 1.78. The predicted molar refractivity (Wildman–Crippen MR) is 63.9 cm³/mol. The van der Waals surface area contributed by atoms with Gasteiger partial charge < -0.3 is 4.90 Å². The number of rotatable bonds is 6. The van der Waals surface area contributed by atoms with E-state index in [1.807, 2.05) is 6.07 Å². The Morgan fingerprint density at radius 1 is 1.44 bits per heavy atom. The maximum Gasteiger partial charge on any atom is 0.266 e. The van der Waals surface area contributed by atoms with E-state index >= 15 is 0 Å². The number of anilines is 1. The van der Waals surface area contributed by atoms with E-state index in [4.69, 9.17) is 4.55 Å². The van der Waals surface area contributed by atoms with Crippen LogP contribution in [0.5, 0.6) is 0 Å². The second-order valence-electron chi connectivity index (χ2n) is 2.88. The van der Waals surface area contributed by atoms with Gasteiger partial charge in [0.2, 0.25) is 6.41 Å². The van der Waals surface area contributed by atoms with Crippen molar-refractivity contribution in [2.45, 2.75) is 0 Å². The van der Waals surface area contributed by atoms with E-state index in [1.54, 1.807) is 24.3 Å². The fourth-order valence-electron chi connectivity index (χ4n) is 1.10. The minimum absolute atomic E-state index is 0.0908. The summed E-state index contributed by atoms with van der Waals surface area (Å²) in [4.78, 5) is 12.1. The number of nitrogens with zero attached hydrogens (tertiary/aromatic N) is 1. The third kappa shape index (κ3) is 4.67. The first kappa shape index (κ1) is 13.0. The van der Waals surface area contributed by atoms with Crippen LogP contribution >= 0.6 is 0 Å². The Balaban J connectivity index is 2.54. The summed E-state index contributed by atoms with van der Waals surface area (Å²) in [6.07, 6.45) is 0.626. The highest BCUT2D eigenvalue weighted by Gasteiger charge is 2.06. The summed E-state index contributed by atoms with van der Waals surface area (Å²) in [6, 6.07) is 8.90. The second kappa shape index (κ2) is 5.90. The van der Waals surface area contributed by atoms with Crippen LogP contribution in [0.4, 0.5) is 5.69 Å². The van der Waals surface area contributed by atoms with Crippen molar-refractivity contribution in [1.82, 2.24) is 0 Å². The molecule has 88 valence electrons. The monoisotopic (exact) mass is 261 g/mol. The van der Waals surface area contributed by atoms with Crippen molar-refractivity contribution in [2.75, 3.05) is 18.1 Å². The van der Waals surface area contributed by atoms with Crippen LogP contribution in [0.15, 0.2) is 30.3 Å². The van der Waals surface area contributed by atoms with Gasteiger partial charge in [-0.25, -0.2) is 0 Å². The zero-order valence-electron chi connectivity index (χ0n) is 8.31. The van der Waals surface area contributed by atoms with Crippen LogP contribution in [0.1, 0.15) is 0 Å². The molecule has 7 heteroatoms. The van der Waals surface area contributed by atoms with Gasteiger partial charge in [-0.3, -0.25) is 13.5 Å². The second-order valence-corrected chi connectivity index (χ2v) is 5.24. The van der Waals surface area contributed by atoms with E-state index in [0.717, 1.165) is 0 Å². The molecule has 1 amide bonds. The van der Waals surface area contributed by atoms with Gasteiger partial charge in [0.05, 0.1) is 13.2 Å². The Morgan fingerprint density at radius 3 is 2.56 bits per heavy atom. The van der Waals surface area contributed by atoms with Gasteiger partial charge in [-0.1, -0.05) is 18.2 Å². The fraction of sp³-hybridized carbons (Fsp3) is 0.222. The molecular formula is C9H11NO4S2. The molecule has 1 unspecified atom stereocenters. The molecule has 1 rings (SSSR count). The molecule has 0 radical (unpaired) electrons. The molecule has 0 aliphatic rings. The summed E-state index contributed by atoms with van der Waals surface area (Å²) in [7, 11) is -3.62. The Morgan fingerprint density at radius 2 is 2.06 bits per heavy atom. The van der Waals surface area contributed by atoms with E-state index in [2.05, 4.69) is 15.4 Å². The number of carbonyl (C=O) groups is 1. The van der Waals surface area contributed by atoms with Gasteiger partial charge in [-0.05, 0) is 12.1 Å². The SMILES string of the molecule is O=CN(CCOS(=O)(O)=S)c1ccccc1. The third-order valence-corrected chi connectivity index (χ3v) is 2.53. The summed E-state index contributed by atoms with van der Waals surface area (Å²) in [5.41, 5.74) is 0.690. The van der Waals surface area contributed by atoms with Gasteiger partial charge >= 0.3 is 0 Å². The van der Waals surface area contributed by atoms with E-state index < -0.39 is 9.05 Å². The molecule has 0 heterocycles. The molecule has 0 saturated heterocycles. The lowest BCUT2D eigenvalue weighted by Crippen LogP contribution is -2.26. The lowest BCUT2D eigenvalue weighted by molar-refractivity contribution is -0.107. The summed E-state index contributed by atoms with van der Waals surface area (Å²) >= 11 is 4.14. The van der Waals surface area contributed by atoms with Crippen molar-refractivity contribution in [2.24, 2.45) is 0 Å². The Labute approximate surface area is 98.7 Å². The number of benzene rings is 1. The fourth-order valence-corrected chi connectivity index (χ4v) is 1.59. The van der Waals surface area contributed by atoms with E-state index in [0.29, 0.717) is 12.1 Å². The molecule has 1 aromatic carbocycles. The average molecular weight is 261 g/mol. The first-order valence-electron chi connectivity index (χ1n) is 4.42. The highest BCUT2D eigenvalue weighted by molar-refractivity contribution is 8.27. The van der Waals surface area contributed by atoms with Crippen molar-refractivity contribution in [1.29, 1.82) is 0 Å². The van der Waals surface area contributed by atoms with Gasteiger partial charge in [0.1, 0.15) is 0 Å². The minimum Gasteiger partial charge on any atom is -0.313 e. The zero-order chi connectivity index (χ0) is 12.0. The van der Waals surface area contributed by atoms with Gasteiger partial charge in [-0.15, -0.1) is 0 Å². The standard InChI is InChI=1S/C9H11NO4S2/c11-8-10(6-7-14-16(12,13)15)9-4-2-1-3-5-9/h1-5,8H,6-7H2,(H,12,13,15). The first-order chi connectivity index (χ1) is 7.53. The van der Waals surface area contributed by atoms with Crippen LogP contribution in [0.3, 0.4) is 0 Å². The first-order valence-corrected chi connectivity index (χ1v) is 6.78. The zero-order valence-corrected chi connectivity index (χ0v) is 9.95. The lowest BCUT2D eigenvalue weighted by Gasteiger charge is -2.16. The maximum atomic E-state index is 10.8. The van der Waals surface area contributed by atoms with Gasteiger partial charge in [0.15, 0.2) is 0 Å². The molecule has 0 spiro atoms. The van der Waals surface area contributed by atoms with Crippen LogP contribution in [0.25, 0.3) is 0 Å². The molecule has 1 aromatic rings. The van der Waals surface area contributed by atoms with Crippen molar-refractivity contribution < 1.29 is 17.7 Å². The summed E-state index contributed by atoms with van der Waals surface area (Å²) in [5.74, 6) is 0. The molecule has 0 aromatic heterocycles. The van der Waals surface area contributed by atoms with E-state index in [9.17, 15) is 9.00 Å². The summed E-state index contributed by atoms with van der Waals surface area (Å²) < 4.78 is 23.8. The smallest absolute Gasteiger partial charge is 0.266 e. The lowest BCUT2D eigenvalue weighted by atomic mass is 10.3. The average Bonchev–Trinajstić information content (AvgIpc) is 2.24. The van der Waals surface area contributed by atoms with Crippen molar-refractivity contribution in [3.63, 3.8) is 0 Å². The molecular weight excluding hydrogens is 250 g/mol. The molecule has 1 atom stereocenters. The Hall–Kier alpha value is -1.02. The van der Waals surface area contributed by atoms with Gasteiger partial charge in [0.25, 0.3) is 9.05 Å². The molecule has 0 aliphatic carbocycles. The van der Waals surface area contributed by atoms with E-state index in [1.165, 1.54) is 4.90 Å². The number of amides is 1. The van der Waals surface area contributed by atoms with Crippen LogP contribution < -0.4 is 4.90 Å². The Bertz CT molecular complexity index is 432. The van der Waals surface area contributed by atoms with Crippen LogP contribution in [0.2, 0.25) is 0 Å². The number of hydrogen-bond donors (Lipinski definition) is 1. The highest BCUT2D eigenvalue weighted by Crippen LogP contribution is 2.10. The van der Waals surface area contributed by atoms with Crippen molar-refractivity contribution >= 4 is 32.3 Å². The van der Waals surface area contributed by atoms with Crippen LogP contribution in [-0.2, 0) is 29.2 Å². The largest absolute Gasteiger partial charge is 0.313 e. The number of carbonyl (C=O) groups excluding carboxylic acids is 1. The summed E-state index contributed by atoms with van der Waals surface area (Å²) in [6.45, 7) is 0.0776. The molecule has 1 N–H and O–H groups in total. The summed E-state index contributed by atoms with van der Waals surface area (Å²) in [5, 5.41) is 0. The van der Waals surface area contributed by atoms with Gasteiger partial charge in [-0.2, -0.15) is 4.21 Å². The van der Waals surface area contributed by atoms with Crippen molar-refractivity contribution in [3.05, 3.63) is 30.3 Å². The van der Waals surface area contributed by atoms with Crippen LogP contribution in [0, 0.1) is 0 Å². The predicted octanol–water partition coefficient (Wildman–Crippen LogP) is 0.800. The maximum absolute atomic E-state index is 10.8. The number of para-hydroxylation sites is 1. The molecule has 5 nitrogen and oxygen atoms in total. The quantitative estimate of drug-likeness (QED) is 0.767. The number of hydrogen-bond acceptors (Lipinski definition) is 4. The topological polar surface area (TPSA) is 66.8 Å². The minimum atomic E-state index is -3.62. The van der Waals surface area contributed by atoms with E-state index in [-0.39, 0.29) is 13.2 Å². The van der Waals surface area contributed by atoms with Gasteiger partial charge in [0, 0.05) is 16.9 Å². The molecule has 16 heavy (non-hydrogen) atoms. The van der Waals surface area contributed by atoms with Crippen LogP contribution in [-0.4, -0.2) is 28.3 Å². The normalized spacial score (nSPS) is 14.1. The highest BCUT2D eigenvalue weighted by atomic mass is 32.9. The Kier molecular flexibility index (Phi) is 4.81.